The fourth-order valence-electron chi connectivity index (χ4n) is 6.27. The highest BCUT2D eigenvalue weighted by Gasteiger charge is 2.58. The van der Waals surface area contributed by atoms with Gasteiger partial charge in [-0.05, 0) is 75.0 Å². The van der Waals surface area contributed by atoms with Crippen LogP contribution in [0.1, 0.15) is 79.6 Å². The van der Waals surface area contributed by atoms with Crippen LogP contribution < -0.4 is 0 Å². The van der Waals surface area contributed by atoms with E-state index in [2.05, 4.69) is 20.8 Å². The van der Waals surface area contributed by atoms with Crippen LogP contribution in [-0.4, -0.2) is 34.1 Å². The van der Waals surface area contributed by atoms with E-state index < -0.39 is 11.2 Å². The molecule has 3 nitrogen and oxygen atoms in total. The van der Waals surface area contributed by atoms with E-state index in [0.717, 1.165) is 25.7 Å². The van der Waals surface area contributed by atoms with E-state index in [4.69, 9.17) is 4.74 Å². The van der Waals surface area contributed by atoms with Crippen LogP contribution in [0.5, 0.6) is 0 Å². The molecule has 0 radical (unpaired) electrons. The van der Waals surface area contributed by atoms with Crippen LogP contribution in [0, 0.1) is 22.7 Å². The van der Waals surface area contributed by atoms with Crippen molar-refractivity contribution in [3.05, 3.63) is 0 Å². The number of rotatable bonds is 4. The van der Waals surface area contributed by atoms with Crippen LogP contribution in [0.4, 0.5) is 0 Å². The standard InChI is InChI=1S/C20H36O3/c1-17(2)9-6-10-18(3)14(17)7-11-19(4,21)15(18)8-12-20(5,22)16-13-23-16/h14-16,21-22H,6-13H2,1-5H3/t14-,15+,16+,18-,19+,20-/m0/s1. The fraction of sp³-hybridized carbons (Fsp3) is 1.00. The van der Waals surface area contributed by atoms with Crippen LogP contribution >= 0.6 is 0 Å². The molecule has 1 aliphatic heterocycles. The molecule has 1 heterocycles. The van der Waals surface area contributed by atoms with Gasteiger partial charge in [-0.1, -0.05) is 27.2 Å². The molecule has 0 spiro atoms. The third-order valence-electron chi connectivity index (χ3n) is 7.73. The Morgan fingerprint density at radius 1 is 1.13 bits per heavy atom. The van der Waals surface area contributed by atoms with Crippen LogP contribution in [0.25, 0.3) is 0 Å². The molecule has 0 amide bonds. The molecule has 0 unspecified atom stereocenters. The first-order valence-corrected chi connectivity index (χ1v) is 9.55. The second kappa shape index (κ2) is 5.44. The van der Waals surface area contributed by atoms with Crippen molar-refractivity contribution < 1.29 is 14.9 Å². The highest BCUT2D eigenvalue weighted by molar-refractivity contribution is 5.08. The average molecular weight is 325 g/mol. The summed E-state index contributed by atoms with van der Waals surface area (Å²) in [5.74, 6) is 0.939. The summed E-state index contributed by atoms with van der Waals surface area (Å²) < 4.78 is 5.32. The molecule has 3 fully saturated rings. The molecule has 134 valence electrons. The molecule has 3 aliphatic rings. The van der Waals surface area contributed by atoms with Gasteiger partial charge in [0, 0.05) is 0 Å². The molecule has 2 saturated carbocycles. The van der Waals surface area contributed by atoms with E-state index in [1.807, 2.05) is 13.8 Å². The monoisotopic (exact) mass is 324 g/mol. The molecule has 0 aromatic heterocycles. The van der Waals surface area contributed by atoms with Gasteiger partial charge in [0.05, 0.1) is 17.8 Å². The quantitative estimate of drug-likeness (QED) is 0.771. The maximum atomic E-state index is 11.1. The molecule has 2 aliphatic carbocycles. The van der Waals surface area contributed by atoms with Crippen molar-refractivity contribution >= 4 is 0 Å². The Balaban J connectivity index is 1.81. The van der Waals surface area contributed by atoms with Gasteiger partial charge in [0.15, 0.2) is 0 Å². The number of hydrogen-bond acceptors (Lipinski definition) is 3. The Hall–Kier alpha value is -0.120. The maximum Gasteiger partial charge on any atom is 0.109 e. The minimum absolute atomic E-state index is 0.00226. The summed E-state index contributed by atoms with van der Waals surface area (Å²) in [6, 6.07) is 0. The molecule has 3 heteroatoms. The number of fused-ring (bicyclic) bond motifs is 1. The highest BCUT2D eigenvalue weighted by atomic mass is 16.6. The molecule has 0 aromatic carbocycles. The Labute approximate surface area is 141 Å². The Kier molecular flexibility index (Phi) is 4.18. The molecule has 1 saturated heterocycles. The lowest BCUT2D eigenvalue weighted by Gasteiger charge is -2.61. The van der Waals surface area contributed by atoms with E-state index in [1.54, 1.807) is 0 Å². The third-order valence-corrected chi connectivity index (χ3v) is 7.73. The van der Waals surface area contributed by atoms with E-state index in [0.29, 0.717) is 17.9 Å². The lowest BCUT2D eigenvalue weighted by Crippen LogP contribution is -2.57. The second-order valence-corrected chi connectivity index (χ2v) is 10.1. The van der Waals surface area contributed by atoms with Gasteiger partial charge in [0.25, 0.3) is 0 Å². The molecular formula is C20H36O3. The minimum Gasteiger partial charge on any atom is -0.390 e. The van der Waals surface area contributed by atoms with E-state index in [-0.39, 0.29) is 17.4 Å². The van der Waals surface area contributed by atoms with Crippen LogP contribution in [-0.2, 0) is 4.74 Å². The van der Waals surface area contributed by atoms with Gasteiger partial charge < -0.3 is 14.9 Å². The highest BCUT2D eigenvalue weighted by Crippen LogP contribution is 2.63. The normalized spacial score (nSPS) is 48.4. The van der Waals surface area contributed by atoms with Crippen molar-refractivity contribution in [2.24, 2.45) is 22.7 Å². The summed E-state index contributed by atoms with van der Waals surface area (Å²) in [5, 5.41) is 21.8. The number of aliphatic hydroxyl groups is 2. The molecule has 0 bridgehead atoms. The van der Waals surface area contributed by atoms with Gasteiger partial charge in [-0.3, -0.25) is 0 Å². The van der Waals surface area contributed by atoms with Gasteiger partial charge in [-0.2, -0.15) is 0 Å². The third kappa shape index (κ3) is 3.09. The van der Waals surface area contributed by atoms with Crippen molar-refractivity contribution in [1.29, 1.82) is 0 Å². The van der Waals surface area contributed by atoms with Crippen molar-refractivity contribution in [2.75, 3.05) is 6.61 Å². The first-order chi connectivity index (χ1) is 10.5. The number of epoxide rings is 1. The van der Waals surface area contributed by atoms with E-state index >= 15 is 0 Å². The topological polar surface area (TPSA) is 53.0 Å². The summed E-state index contributed by atoms with van der Waals surface area (Å²) in [6.45, 7) is 11.9. The van der Waals surface area contributed by atoms with E-state index in [9.17, 15) is 10.2 Å². The minimum atomic E-state index is -0.746. The van der Waals surface area contributed by atoms with Crippen molar-refractivity contribution in [3.63, 3.8) is 0 Å². The van der Waals surface area contributed by atoms with Gasteiger partial charge in [0.1, 0.15) is 6.10 Å². The lowest BCUT2D eigenvalue weighted by molar-refractivity contribution is -0.173. The Morgan fingerprint density at radius 3 is 2.39 bits per heavy atom. The predicted octanol–water partition coefficient (Wildman–Crippen LogP) is 3.91. The first kappa shape index (κ1) is 17.7. The van der Waals surface area contributed by atoms with E-state index in [1.165, 1.54) is 19.3 Å². The molecule has 0 aromatic rings. The van der Waals surface area contributed by atoms with Crippen molar-refractivity contribution in [2.45, 2.75) is 96.9 Å². The average Bonchev–Trinajstić information content (AvgIpc) is 3.20. The smallest absolute Gasteiger partial charge is 0.109 e. The second-order valence-electron chi connectivity index (χ2n) is 10.1. The fourth-order valence-corrected chi connectivity index (χ4v) is 6.27. The summed E-state index contributed by atoms with van der Waals surface area (Å²) in [6.07, 6.45) is 7.42. The summed E-state index contributed by atoms with van der Waals surface area (Å²) in [4.78, 5) is 0. The first-order valence-electron chi connectivity index (χ1n) is 9.55. The Morgan fingerprint density at radius 2 is 1.78 bits per heavy atom. The largest absolute Gasteiger partial charge is 0.390 e. The molecule has 3 rings (SSSR count). The van der Waals surface area contributed by atoms with Crippen LogP contribution in [0.15, 0.2) is 0 Å². The molecule has 6 atom stereocenters. The lowest BCUT2D eigenvalue weighted by atomic mass is 9.45. The number of hydrogen-bond donors (Lipinski definition) is 2. The van der Waals surface area contributed by atoms with Gasteiger partial charge in [0.2, 0.25) is 0 Å². The molecule has 23 heavy (non-hydrogen) atoms. The summed E-state index contributed by atoms with van der Waals surface area (Å²) in [7, 11) is 0. The molecule has 2 N–H and O–H groups in total. The van der Waals surface area contributed by atoms with Crippen LogP contribution in [0.2, 0.25) is 0 Å². The zero-order chi connectivity index (χ0) is 17.1. The maximum absolute atomic E-state index is 11.1. The van der Waals surface area contributed by atoms with Crippen molar-refractivity contribution in [1.82, 2.24) is 0 Å². The zero-order valence-corrected chi connectivity index (χ0v) is 15.7. The van der Waals surface area contributed by atoms with Gasteiger partial charge in [-0.15, -0.1) is 0 Å². The summed E-state index contributed by atoms with van der Waals surface area (Å²) >= 11 is 0. The zero-order valence-electron chi connectivity index (χ0n) is 15.7. The van der Waals surface area contributed by atoms with Gasteiger partial charge >= 0.3 is 0 Å². The SMILES string of the molecule is CC1(C)CCC[C@]2(C)[C@@H](CC[C@](C)(O)[C@H]3CO3)[C@](C)(O)CC[C@@H]12. The molecular weight excluding hydrogens is 288 g/mol. The van der Waals surface area contributed by atoms with Crippen molar-refractivity contribution in [3.8, 4) is 0 Å². The predicted molar refractivity (Wildman–Crippen MR) is 92.2 cm³/mol. The van der Waals surface area contributed by atoms with Gasteiger partial charge in [-0.25, -0.2) is 0 Å². The van der Waals surface area contributed by atoms with Crippen LogP contribution in [0.3, 0.4) is 0 Å². The number of ether oxygens (including phenoxy) is 1. The summed E-state index contributed by atoms with van der Waals surface area (Å²) in [5.41, 5.74) is -0.809. The Bertz CT molecular complexity index is 450.